The molecule has 118 valence electrons. The Morgan fingerprint density at radius 3 is 2.74 bits per heavy atom. The first-order valence-electron chi connectivity index (χ1n) is 7.37. The highest BCUT2D eigenvalue weighted by molar-refractivity contribution is 7.13. The van der Waals surface area contributed by atoms with Gasteiger partial charge in [0.15, 0.2) is 0 Å². The van der Waals surface area contributed by atoms with Crippen molar-refractivity contribution in [1.29, 1.82) is 0 Å². The first-order chi connectivity index (χ1) is 11.2. The number of nitrogens with one attached hydrogen (secondary N) is 2. The van der Waals surface area contributed by atoms with Crippen molar-refractivity contribution in [2.45, 2.75) is 19.8 Å². The zero-order chi connectivity index (χ0) is 16.2. The number of H-pyrrole nitrogens is 1. The Kier molecular flexibility index (Phi) is 4.79. The second-order valence-electron chi connectivity index (χ2n) is 5.11. The fraction of sp³-hybridized carbons (Fsp3) is 0.176. The molecule has 3 rings (SSSR count). The second-order valence-corrected chi connectivity index (χ2v) is 6.50. The van der Waals surface area contributed by atoms with E-state index in [0.29, 0.717) is 10.6 Å². The van der Waals surface area contributed by atoms with Crippen molar-refractivity contribution in [3.63, 3.8) is 0 Å². The van der Waals surface area contributed by atoms with Crippen molar-refractivity contribution < 1.29 is 4.79 Å². The molecule has 0 spiro atoms. The molecule has 6 heteroatoms. The van der Waals surface area contributed by atoms with Crippen LogP contribution in [0.25, 0.3) is 10.6 Å². The van der Waals surface area contributed by atoms with Crippen molar-refractivity contribution in [2.75, 3.05) is 5.32 Å². The van der Waals surface area contributed by atoms with Gasteiger partial charge in [-0.3, -0.25) is 9.89 Å². The summed E-state index contributed by atoms with van der Waals surface area (Å²) in [5, 5.41) is 13.0. The third-order valence-electron chi connectivity index (χ3n) is 3.44. The van der Waals surface area contributed by atoms with Gasteiger partial charge >= 0.3 is 0 Å². The van der Waals surface area contributed by atoms with Gasteiger partial charge in [0.25, 0.3) is 5.91 Å². The number of amides is 1. The quantitative estimate of drug-likeness (QED) is 0.683. The van der Waals surface area contributed by atoms with Gasteiger partial charge in [-0.15, -0.1) is 11.3 Å². The summed E-state index contributed by atoms with van der Waals surface area (Å²) < 4.78 is 0. The van der Waals surface area contributed by atoms with E-state index < -0.39 is 0 Å². The minimum Gasteiger partial charge on any atom is -0.319 e. The van der Waals surface area contributed by atoms with Gasteiger partial charge in [0.05, 0.1) is 16.3 Å². The van der Waals surface area contributed by atoms with Crippen LogP contribution in [-0.2, 0) is 6.42 Å². The number of halogens is 1. The van der Waals surface area contributed by atoms with E-state index in [9.17, 15) is 4.79 Å². The molecule has 1 amide bonds. The lowest BCUT2D eigenvalue weighted by molar-refractivity contribution is 0.102. The number of aryl methyl sites for hydroxylation is 1. The zero-order valence-electron chi connectivity index (χ0n) is 12.6. The molecule has 1 aromatic carbocycles. The number of carbonyl (C=O) groups excluding carboxylic acids is 1. The zero-order valence-corrected chi connectivity index (χ0v) is 14.2. The molecule has 0 aliphatic rings. The number of nitrogens with zero attached hydrogens (tertiary/aromatic N) is 1. The van der Waals surface area contributed by atoms with Crippen LogP contribution < -0.4 is 5.32 Å². The van der Waals surface area contributed by atoms with Crippen LogP contribution >= 0.6 is 22.9 Å². The van der Waals surface area contributed by atoms with Crippen LogP contribution in [-0.4, -0.2) is 16.1 Å². The molecule has 0 fully saturated rings. The maximum Gasteiger partial charge on any atom is 0.255 e. The largest absolute Gasteiger partial charge is 0.319 e. The normalized spacial score (nSPS) is 10.7. The van der Waals surface area contributed by atoms with Gasteiger partial charge < -0.3 is 5.32 Å². The summed E-state index contributed by atoms with van der Waals surface area (Å²) in [6.07, 6.45) is 1.80. The summed E-state index contributed by atoms with van der Waals surface area (Å²) in [5.74, 6) is -0.168. The van der Waals surface area contributed by atoms with Crippen LogP contribution in [0.5, 0.6) is 0 Å². The van der Waals surface area contributed by atoms with E-state index in [1.807, 2.05) is 17.5 Å². The Morgan fingerprint density at radius 1 is 1.30 bits per heavy atom. The molecular formula is C17H16ClN3OS. The first kappa shape index (κ1) is 15.8. The average molecular weight is 346 g/mol. The fourth-order valence-corrected chi connectivity index (χ4v) is 3.17. The van der Waals surface area contributed by atoms with Gasteiger partial charge in [-0.05, 0) is 42.1 Å². The summed E-state index contributed by atoms with van der Waals surface area (Å²) in [6.45, 7) is 2.09. The SMILES string of the molecule is CCCc1[nH]nc(-c2cccs2)c1NC(=O)c1ccc(Cl)cc1. The topological polar surface area (TPSA) is 57.8 Å². The van der Waals surface area contributed by atoms with E-state index in [4.69, 9.17) is 11.6 Å². The summed E-state index contributed by atoms with van der Waals surface area (Å²) >= 11 is 7.47. The summed E-state index contributed by atoms with van der Waals surface area (Å²) in [6, 6.07) is 10.8. The van der Waals surface area contributed by atoms with Gasteiger partial charge in [0, 0.05) is 10.6 Å². The molecule has 3 aromatic rings. The van der Waals surface area contributed by atoms with E-state index >= 15 is 0 Å². The van der Waals surface area contributed by atoms with Crippen molar-refractivity contribution in [3.8, 4) is 10.6 Å². The molecule has 0 radical (unpaired) electrons. The maximum atomic E-state index is 12.5. The lowest BCUT2D eigenvalue weighted by Crippen LogP contribution is -2.13. The van der Waals surface area contributed by atoms with Crippen molar-refractivity contribution in [3.05, 3.63) is 58.1 Å². The maximum absolute atomic E-state index is 12.5. The van der Waals surface area contributed by atoms with Gasteiger partial charge in [0.2, 0.25) is 0 Å². The highest BCUT2D eigenvalue weighted by atomic mass is 35.5. The summed E-state index contributed by atoms with van der Waals surface area (Å²) in [5.41, 5.74) is 3.05. The van der Waals surface area contributed by atoms with Gasteiger partial charge in [-0.1, -0.05) is 31.0 Å². The van der Waals surface area contributed by atoms with Crippen LogP contribution in [0.15, 0.2) is 41.8 Å². The van der Waals surface area contributed by atoms with Crippen molar-refractivity contribution >= 4 is 34.5 Å². The van der Waals surface area contributed by atoms with Crippen molar-refractivity contribution in [2.24, 2.45) is 0 Å². The minimum absolute atomic E-state index is 0.168. The third-order valence-corrected chi connectivity index (χ3v) is 4.57. The monoisotopic (exact) mass is 345 g/mol. The third kappa shape index (κ3) is 3.46. The molecular weight excluding hydrogens is 330 g/mol. The van der Waals surface area contributed by atoms with Gasteiger partial charge in [0.1, 0.15) is 5.69 Å². The molecule has 23 heavy (non-hydrogen) atoms. The molecule has 0 aliphatic carbocycles. The van der Waals surface area contributed by atoms with Gasteiger partial charge in [-0.25, -0.2) is 0 Å². The second kappa shape index (κ2) is 6.98. The van der Waals surface area contributed by atoms with Gasteiger partial charge in [-0.2, -0.15) is 5.10 Å². The minimum atomic E-state index is -0.168. The molecule has 2 heterocycles. The average Bonchev–Trinajstić information content (AvgIpc) is 3.19. The number of anilines is 1. The highest BCUT2D eigenvalue weighted by Crippen LogP contribution is 2.32. The van der Waals surface area contributed by atoms with Crippen LogP contribution in [0.1, 0.15) is 29.4 Å². The van der Waals surface area contributed by atoms with Crippen LogP contribution in [0.4, 0.5) is 5.69 Å². The van der Waals surface area contributed by atoms with Crippen LogP contribution in [0, 0.1) is 0 Å². The van der Waals surface area contributed by atoms with E-state index in [0.717, 1.165) is 34.8 Å². The number of aromatic amines is 1. The number of benzene rings is 1. The Hall–Kier alpha value is -2.11. The Morgan fingerprint density at radius 2 is 2.09 bits per heavy atom. The Labute approximate surface area is 143 Å². The molecule has 2 aromatic heterocycles. The Bertz CT molecular complexity index is 794. The van der Waals surface area contributed by atoms with E-state index in [1.165, 1.54) is 0 Å². The lowest BCUT2D eigenvalue weighted by atomic mass is 10.1. The smallest absolute Gasteiger partial charge is 0.255 e. The fourth-order valence-electron chi connectivity index (χ4n) is 2.32. The molecule has 0 saturated heterocycles. The van der Waals surface area contributed by atoms with E-state index in [-0.39, 0.29) is 5.91 Å². The van der Waals surface area contributed by atoms with Crippen molar-refractivity contribution in [1.82, 2.24) is 10.2 Å². The van der Waals surface area contributed by atoms with E-state index in [2.05, 4.69) is 22.4 Å². The predicted octanol–water partition coefficient (Wildman–Crippen LogP) is 5.00. The lowest BCUT2D eigenvalue weighted by Gasteiger charge is -2.08. The van der Waals surface area contributed by atoms with E-state index in [1.54, 1.807) is 35.6 Å². The first-order valence-corrected chi connectivity index (χ1v) is 8.63. The number of thiophene rings is 1. The number of hydrogen-bond donors (Lipinski definition) is 2. The molecule has 4 nitrogen and oxygen atoms in total. The van der Waals surface area contributed by atoms with Crippen LogP contribution in [0.3, 0.4) is 0 Å². The molecule has 0 atom stereocenters. The molecule has 0 aliphatic heterocycles. The summed E-state index contributed by atoms with van der Waals surface area (Å²) in [7, 11) is 0. The molecule has 0 saturated carbocycles. The number of hydrogen-bond acceptors (Lipinski definition) is 3. The number of carbonyl (C=O) groups is 1. The summed E-state index contributed by atoms with van der Waals surface area (Å²) in [4.78, 5) is 13.5. The highest BCUT2D eigenvalue weighted by Gasteiger charge is 2.18. The number of rotatable bonds is 5. The molecule has 0 bridgehead atoms. The Balaban J connectivity index is 1.92. The molecule has 2 N–H and O–H groups in total. The standard InChI is InChI=1S/C17H16ClN3OS/c1-2-4-13-15(16(21-20-13)14-5-3-10-23-14)19-17(22)11-6-8-12(18)9-7-11/h3,5-10H,2,4H2,1H3,(H,19,22)(H,20,21). The number of aromatic nitrogens is 2. The molecule has 0 unspecified atom stereocenters. The van der Waals surface area contributed by atoms with Crippen LogP contribution in [0.2, 0.25) is 5.02 Å². The predicted molar refractivity (Wildman–Crippen MR) is 95.3 cm³/mol.